The third kappa shape index (κ3) is 13.1. The molecule has 23 heavy (non-hydrogen) atoms. The summed E-state index contributed by atoms with van der Waals surface area (Å²) >= 11 is 0. The van der Waals surface area contributed by atoms with Crippen molar-refractivity contribution in [2.45, 2.75) is 84.6 Å². The molecule has 1 atom stereocenters. The minimum Gasteiger partial charge on any atom is -0.480 e. The SMILES string of the molecule is CCCCCN(CCCCC)CCCC[C@H](NC(C)=O)C(=O)O. The van der Waals surface area contributed by atoms with Gasteiger partial charge in [-0.1, -0.05) is 39.5 Å². The molecule has 0 unspecified atom stereocenters. The van der Waals surface area contributed by atoms with E-state index in [9.17, 15) is 9.59 Å². The van der Waals surface area contributed by atoms with Gasteiger partial charge in [-0.3, -0.25) is 4.79 Å². The predicted molar refractivity (Wildman–Crippen MR) is 94.6 cm³/mol. The van der Waals surface area contributed by atoms with Gasteiger partial charge in [-0.15, -0.1) is 0 Å². The molecule has 136 valence electrons. The monoisotopic (exact) mass is 328 g/mol. The first kappa shape index (κ1) is 21.9. The molecule has 5 heteroatoms. The summed E-state index contributed by atoms with van der Waals surface area (Å²) in [5.41, 5.74) is 0. The molecule has 0 aliphatic carbocycles. The van der Waals surface area contributed by atoms with E-state index in [1.807, 2.05) is 0 Å². The van der Waals surface area contributed by atoms with E-state index in [1.165, 1.54) is 45.4 Å². The number of carboxylic acids is 1. The molecule has 0 heterocycles. The summed E-state index contributed by atoms with van der Waals surface area (Å²) in [6, 6.07) is -0.749. The minimum atomic E-state index is -0.942. The standard InChI is InChI=1S/C18H36N2O3/c1-4-6-9-13-20(14-10-7-5-2)15-11-8-12-17(18(22)23)19-16(3)21/h17H,4-15H2,1-3H3,(H,19,21)(H,22,23)/t17-/m0/s1. The van der Waals surface area contributed by atoms with Crippen LogP contribution in [-0.4, -0.2) is 47.6 Å². The summed E-state index contributed by atoms with van der Waals surface area (Å²) in [5, 5.41) is 11.6. The quantitative estimate of drug-likeness (QED) is 0.452. The normalized spacial score (nSPS) is 12.3. The van der Waals surface area contributed by atoms with Crippen LogP contribution in [0.4, 0.5) is 0 Å². The van der Waals surface area contributed by atoms with E-state index in [0.717, 1.165) is 32.5 Å². The number of amides is 1. The molecule has 0 aromatic rings. The van der Waals surface area contributed by atoms with Crippen molar-refractivity contribution in [1.82, 2.24) is 10.2 Å². The fourth-order valence-corrected chi connectivity index (χ4v) is 2.69. The van der Waals surface area contributed by atoms with E-state index in [1.54, 1.807) is 0 Å². The number of aliphatic carboxylic acids is 1. The van der Waals surface area contributed by atoms with Crippen molar-refractivity contribution < 1.29 is 14.7 Å². The van der Waals surface area contributed by atoms with Gasteiger partial charge in [-0.05, 0) is 51.7 Å². The topological polar surface area (TPSA) is 69.6 Å². The first-order valence-electron chi connectivity index (χ1n) is 9.23. The van der Waals surface area contributed by atoms with Crippen LogP contribution in [0.5, 0.6) is 0 Å². The van der Waals surface area contributed by atoms with E-state index in [0.29, 0.717) is 6.42 Å². The smallest absolute Gasteiger partial charge is 0.326 e. The van der Waals surface area contributed by atoms with Crippen LogP contribution in [-0.2, 0) is 9.59 Å². The van der Waals surface area contributed by atoms with Gasteiger partial charge in [0.2, 0.25) is 5.91 Å². The number of nitrogens with one attached hydrogen (secondary N) is 1. The lowest BCUT2D eigenvalue weighted by Gasteiger charge is -2.22. The molecule has 0 rings (SSSR count). The van der Waals surface area contributed by atoms with Crippen LogP contribution < -0.4 is 5.32 Å². The van der Waals surface area contributed by atoms with Crippen molar-refractivity contribution in [2.24, 2.45) is 0 Å². The lowest BCUT2D eigenvalue weighted by molar-refractivity contribution is -0.141. The molecule has 0 saturated carbocycles. The maximum atomic E-state index is 11.1. The molecule has 0 radical (unpaired) electrons. The fourth-order valence-electron chi connectivity index (χ4n) is 2.69. The lowest BCUT2D eigenvalue weighted by Crippen LogP contribution is -2.39. The number of hydrogen-bond acceptors (Lipinski definition) is 3. The highest BCUT2D eigenvalue weighted by atomic mass is 16.4. The van der Waals surface area contributed by atoms with Crippen molar-refractivity contribution in [3.05, 3.63) is 0 Å². The first-order chi connectivity index (χ1) is 11.0. The van der Waals surface area contributed by atoms with Gasteiger partial charge < -0.3 is 15.3 Å². The van der Waals surface area contributed by atoms with Crippen molar-refractivity contribution in [3.63, 3.8) is 0 Å². The predicted octanol–water partition coefficient (Wildman–Crippen LogP) is 3.43. The molecule has 1 amide bonds. The maximum absolute atomic E-state index is 11.1. The highest BCUT2D eigenvalue weighted by Gasteiger charge is 2.17. The van der Waals surface area contributed by atoms with Crippen molar-refractivity contribution >= 4 is 11.9 Å². The van der Waals surface area contributed by atoms with Gasteiger partial charge in [0.15, 0.2) is 0 Å². The Kier molecular flexibility index (Phi) is 13.8. The molecular weight excluding hydrogens is 292 g/mol. The molecule has 0 aromatic heterocycles. The number of hydrogen-bond donors (Lipinski definition) is 2. The van der Waals surface area contributed by atoms with Crippen LogP contribution in [0.15, 0.2) is 0 Å². The largest absolute Gasteiger partial charge is 0.480 e. The average Bonchev–Trinajstić information content (AvgIpc) is 2.49. The summed E-state index contributed by atoms with van der Waals surface area (Å²) in [7, 11) is 0. The van der Waals surface area contributed by atoms with Crippen LogP contribution >= 0.6 is 0 Å². The van der Waals surface area contributed by atoms with Crippen molar-refractivity contribution in [1.29, 1.82) is 0 Å². The van der Waals surface area contributed by atoms with E-state index in [4.69, 9.17) is 5.11 Å². The zero-order valence-corrected chi connectivity index (χ0v) is 15.3. The molecule has 0 aliphatic heterocycles. The Labute approximate surface area is 141 Å². The Morgan fingerprint density at radius 1 is 0.913 bits per heavy atom. The second-order valence-electron chi connectivity index (χ2n) is 6.34. The molecule has 0 spiro atoms. The first-order valence-corrected chi connectivity index (χ1v) is 9.23. The Morgan fingerprint density at radius 3 is 1.78 bits per heavy atom. The van der Waals surface area contributed by atoms with Crippen molar-refractivity contribution in [3.8, 4) is 0 Å². The highest BCUT2D eigenvalue weighted by molar-refractivity contribution is 5.81. The number of carbonyl (C=O) groups is 2. The van der Waals surface area contributed by atoms with Gasteiger partial charge >= 0.3 is 5.97 Å². The lowest BCUT2D eigenvalue weighted by atomic mass is 10.1. The highest BCUT2D eigenvalue weighted by Crippen LogP contribution is 2.07. The number of rotatable bonds is 15. The van der Waals surface area contributed by atoms with Gasteiger partial charge in [0.1, 0.15) is 6.04 Å². The molecule has 0 aliphatic rings. The number of unbranched alkanes of at least 4 members (excludes halogenated alkanes) is 5. The fraction of sp³-hybridized carbons (Fsp3) is 0.889. The molecule has 0 bridgehead atoms. The molecular formula is C18H36N2O3. The third-order valence-corrected chi connectivity index (χ3v) is 4.05. The summed E-state index contributed by atoms with van der Waals surface area (Å²) in [5.74, 6) is -1.22. The maximum Gasteiger partial charge on any atom is 0.326 e. The zero-order valence-electron chi connectivity index (χ0n) is 15.3. The molecule has 0 aromatic carbocycles. The van der Waals surface area contributed by atoms with Crippen LogP contribution in [0.1, 0.15) is 78.6 Å². The van der Waals surface area contributed by atoms with Gasteiger partial charge in [-0.25, -0.2) is 4.79 Å². The zero-order chi connectivity index (χ0) is 17.5. The average molecular weight is 328 g/mol. The van der Waals surface area contributed by atoms with Gasteiger partial charge in [0.25, 0.3) is 0 Å². The number of carboxylic acid groups (broad SMARTS) is 1. The van der Waals surface area contributed by atoms with Crippen LogP contribution in [0, 0.1) is 0 Å². The number of carbonyl (C=O) groups excluding carboxylic acids is 1. The van der Waals surface area contributed by atoms with Gasteiger partial charge in [-0.2, -0.15) is 0 Å². The second kappa shape index (κ2) is 14.5. The Bertz CT molecular complexity index is 311. The summed E-state index contributed by atoms with van der Waals surface area (Å²) in [6.45, 7) is 9.11. The van der Waals surface area contributed by atoms with E-state index in [2.05, 4.69) is 24.1 Å². The second-order valence-corrected chi connectivity index (χ2v) is 6.34. The molecule has 5 nitrogen and oxygen atoms in total. The Balaban J connectivity index is 4.05. The summed E-state index contributed by atoms with van der Waals surface area (Å²) < 4.78 is 0. The molecule has 0 fully saturated rings. The van der Waals surface area contributed by atoms with Crippen LogP contribution in [0.3, 0.4) is 0 Å². The summed E-state index contributed by atoms with van der Waals surface area (Å²) in [4.78, 5) is 24.6. The number of nitrogens with zero attached hydrogens (tertiary/aromatic N) is 1. The minimum absolute atomic E-state index is 0.279. The molecule has 0 saturated heterocycles. The Morgan fingerprint density at radius 2 is 1.39 bits per heavy atom. The van der Waals surface area contributed by atoms with E-state index in [-0.39, 0.29) is 5.91 Å². The third-order valence-electron chi connectivity index (χ3n) is 4.05. The Hall–Kier alpha value is -1.10. The van der Waals surface area contributed by atoms with Crippen LogP contribution in [0.25, 0.3) is 0 Å². The van der Waals surface area contributed by atoms with Gasteiger partial charge in [0.05, 0.1) is 0 Å². The van der Waals surface area contributed by atoms with E-state index >= 15 is 0 Å². The van der Waals surface area contributed by atoms with Crippen molar-refractivity contribution in [2.75, 3.05) is 19.6 Å². The van der Waals surface area contributed by atoms with Gasteiger partial charge in [0, 0.05) is 6.92 Å². The van der Waals surface area contributed by atoms with E-state index < -0.39 is 12.0 Å². The van der Waals surface area contributed by atoms with Crippen LogP contribution in [0.2, 0.25) is 0 Å². The molecule has 2 N–H and O–H groups in total. The summed E-state index contributed by atoms with van der Waals surface area (Å²) in [6.07, 6.45) is 9.82.